The molecule has 0 saturated carbocycles. The van der Waals surface area contributed by atoms with Gasteiger partial charge in [0.1, 0.15) is 23.6 Å². The molecule has 4 aromatic rings. The van der Waals surface area contributed by atoms with Gasteiger partial charge in [-0.1, -0.05) is 35.5 Å². The molecule has 0 radical (unpaired) electrons. The van der Waals surface area contributed by atoms with Gasteiger partial charge in [-0.2, -0.15) is 0 Å². The van der Waals surface area contributed by atoms with E-state index in [1.165, 1.54) is 5.56 Å². The third kappa shape index (κ3) is 3.33. The molecule has 0 aliphatic carbocycles. The molecule has 5 rings (SSSR count). The van der Waals surface area contributed by atoms with Crippen molar-refractivity contribution in [2.45, 2.75) is 19.4 Å². The maximum atomic E-state index is 12.7. The minimum atomic E-state index is -0.206. The summed E-state index contributed by atoms with van der Waals surface area (Å²) in [6, 6.07) is 12.0. The monoisotopic (exact) mass is 388 g/mol. The maximum Gasteiger partial charge on any atom is 0.273 e. The van der Waals surface area contributed by atoms with Crippen molar-refractivity contribution in [3.05, 3.63) is 71.5 Å². The van der Waals surface area contributed by atoms with Crippen LogP contribution in [0.5, 0.6) is 0 Å². The Bertz CT molecular complexity index is 1150. The Morgan fingerprint density at radius 1 is 1.21 bits per heavy atom. The molecule has 0 bridgehead atoms. The number of anilines is 1. The van der Waals surface area contributed by atoms with Gasteiger partial charge in [-0.25, -0.2) is 9.97 Å². The summed E-state index contributed by atoms with van der Waals surface area (Å²) in [5.41, 5.74) is 3.17. The summed E-state index contributed by atoms with van der Waals surface area (Å²) in [7, 11) is 0. The van der Waals surface area contributed by atoms with Gasteiger partial charge in [0.15, 0.2) is 5.69 Å². The molecular formula is C21H20N6O2. The van der Waals surface area contributed by atoms with Crippen molar-refractivity contribution in [3.63, 3.8) is 0 Å². The van der Waals surface area contributed by atoms with Crippen molar-refractivity contribution in [1.29, 1.82) is 0 Å². The van der Waals surface area contributed by atoms with Crippen molar-refractivity contribution in [3.8, 4) is 0 Å². The third-order valence-corrected chi connectivity index (χ3v) is 5.22. The standard InChI is InChI=1S/C21H20N6O2/c28-21(23-9-6-14-4-2-1-3-5-14)18-16-12-27(11-8-17(16)29-26-18)20-15-7-10-22-19(15)24-13-25-20/h1-5,7,10,13H,6,8-9,11-12H2,(H,23,28)(H,22,24,25). The summed E-state index contributed by atoms with van der Waals surface area (Å²) >= 11 is 0. The summed E-state index contributed by atoms with van der Waals surface area (Å²) in [4.78, 5) is 26.7. The van der Waals surface area contributed by atoms with Crippen LogP contribution in [0.1, 0.15) is 27.4 Å². The lowest BCUT2D eigenvalue weighted by atomic mass is 10.1. The number of aromatic amines is 1. The van der Waals surface area contributed by atoms with E-state index in [1.54, 1.807) is 6.33 Å². The number of carbonyl (C=O) groups is 1. The van der Waals surface area contributed by atoms with Gasteiger partial charge in [-0.15, -0.1) is 0 Å². The zero-order chi connectivity index (χ0) is 19.6. The van der Waals surface area contributed by atoms with E-state index in [2.05, 4.69) is 30.3 Å². The molecule has 1 aliphatic heterocycles. The molecular weight excluding hydrogens is 368 g/mol. The van der Waals surface area contributed by atoms with Crippen molar-refractivity contribution >= 4 is 22.8 Å². The number of hydrogen-bond acceptors (Lipinski definition) is 6. The van der Waals surface area contributed by atoms with Crippen molar-refractivity contribution in [1.82, 2.24) is 25.4 Å². The van der Waals surface area contributed by atoms with Crippen molar-refractivity contribution < 1.29 is 9.32 Å². The lowest BCUT2D eigenvalue weighted by Crippen LogP contribution is -2.33. The fraction of sp³-hybridized carbons (Fsp3) is 0.238. The predicted molar refractivity (Wildman–Crippen MR) is 108 cm³/mol. The fourth-order valence-electron chi connectivity index (χ4n) is 3.73. The first-order valence-corrected chi connectivity index (χ1v) is 9.62. The van der Waals surface area contributed by atoms with Crippen molar-refractivity contribution in [2.24, 2.45) is 0 Å². The van der Waals surface area contributed by atoms with E-state index in [1.807, 2.05) is 42.6 Å². The molecule has 0 spiro atoms. The minimum absolute atomic E-state index is 0.206. The zero-order valence-electron chi connectivity index (χ0n) is 15.8. The first-order valence-electron chi connectivity index (χ1n) is 9.62. The number of hydrogen-bond donors (Lipinski definition) is 2. The second kappa shape index (κ2) is 7.38. The number of nitrogens with one attached hydrogen (secondary N) is 2. The predicted octanol–water partition coefficient (Wildman–Crippen LogP) is 2.48. The molecule has 1 aromatic carbocycles. The zero-order valence-corrected chi connectivity index (χ0v) is 15.8. The molecule has 0 saturated heterocycles. The lowest BCUT2D eigenvalue weighted by Gasteiger charge is -2.27. The highest BCUT2D eigenvalue weighted by Crippen LogP contribution is 2.29. The Labute approximate surface area is 166 Å². The van der Waals surface area contributed by atoms with Gasteiger partial charge in [-0.05, 0) is 18.1 Å². The second-order valence-electron chi connectivity index (χ2n) is 7.03. The third-order valence-electron chi connectivity index (χ3n) is 5.22. The van der Waals surface area contributed by atoms with E-state index >= 15 is 0 Å². The van der Waals surface area contributed by atoms with E-state index in [4.69, 9.17) is 4.52 Å². The molecule has 1 amide bonds. The normalized spacial score (nSPS) is 13.4. The average Bonchev–Trinajstić information content (AvgIpc) is 3.40. The van der Waals surface area contributed by atoms with Gasteiger partial charge < -0.3 is 19.7 Å². The first kappa shape index (κ1) is 17.4. The number of rotatable bonds is 5. The molecule has 1 aliphatic rings. The summed E-state index contributed by atoms with van der Waals surface area (Å²) in [6.45, 7) is 1.82. The highest BCUT2D eigenvalue weighted by atomic mass is 16.5. The van der Waals surface area contributed by atoms with Crippen LogP contribution in [0.3, 0.4) is 0 Å². The van der Waals surface area contributed by atoms with Gasteiger partial charge in [0.2, 0.25) is 0 Å². The molecule has 8 heteroatoms. The molecule has 3 aromatic heterocycles. The van der Waals surface area contributed by atoms with Crippen LogP contribution >= 0.6 is 0 Å². The van der Waals surface area contributed by atoms with Crippen LogP contribution in [0.4, 0.5) is 5.82 Å². The molecule has 0 fully saturated rings. The average molecular weight is 388 g/mol. The second-order valence-corrected chi connectivity index (χ2v) is 7.03. The van der Waals surface area contributed by atoms with Crippen LogP contribution in [-0.2, 0) is 19.4 Å². The largest absolute Gasteiger partial charge is 0.360 e. The highest BCUT2D eigenvalue weighted by Gasteiger charge is 2.28. The number of carbonyl (C=O) groups excluding carboxylic acids is 1. The molecule has 146 valence electrons. The Hall–Kier alpha value is -3.68. The van der Waals surface area contributed by atoms with Gasteiger partial charge in [-0.3, -0.25) is 4.79 Å². The molecule has 29 heavy (non-hydrogen) atoms. The number of amides is 1. The smallest absolute Gasteiger partial charge is 0.273 e. The summed E-state index contributed by atoms with van der Waals surface area (Å²) in [6.07, 6.45) is 4.85. The van der Waals surface area contributed by atoms with E-state index < -0.39 is 0 Å². The van der Waals surface area contributed by atoms with Gasteiger partial charge in [0, 0.05) is 31.3 Å². The minimum Gasteiger partial charge on any atom is -0.360 e. The number of aromatic nitrogens is 4. The Balaban J connectivity index is 1.32. The summed E-state index contributed by atoms with van der Waals surface area (Å²) < 4.78 is 5.45. The Morgan fingerprint density at radius 2 is 2.10 bits per heavy atom. The molecule has 2 N–H and O–H groups in total. The van der Waals surface area contributed by atoms with Crippen LogP contribution in [0.2, 0.25) is 0 Å². The van der Waals surface area contributed by atoms with Crippen LogP contribution in [0, 0.1) is 0 Å². The summed E-state index contributed by atoms with van der Waals surface area (Å²) in [5.74, 6) is 1.41. The number of benzene rings is 1. The van der Waals surface area contributed by atoms with E-state index in [9.17, 15) is 4.79 Å². The Kier molecular flexibility index (Phi) is 4.44. The number of nitrogens with zero attached hydrogens (tertiary/aromatic N) is 4. The van der Waals surface area contributed by atoms with Crippen LogP contribution in [0.25, 0.3) is 11.0 Å². The van der Waals surface area contributed by atoms with Crippen LogP contribution in [-0.4, -0.2) is 39.1 Å². The molecule has 4 heterocycles. The highest BCUT2D eigenvalue weighted by molar-refractivity contribution is 5.94. The molecule has 0 atom stereocenters. The number of H-pyrrole nitrogens is 1. The Morgan fingerprint density at radius 3 is 3.00 bits per heavy atom. The number of fused-ring (bicyclic) bond motifs is 2. The van der Waals surface area contributed by atoms with E-state index in [0.717, 1.165) is 41.1 Å². The summed E-state index contributed by atoms with van der Waals surface area (Å²) in [5, 5.41) is 7.96. The van der Waals surface area contributed by atoms with Crippen LogP contribution in [0.15, 0.2) is 53.4 Å². The molecule has 8 nitrogen and oxygen atoms in total. The van der Waals surface area contributed by atoms with Gasteiger partial charge >= 0.3 is 0 Å². The van der Waals surface area contributed by atoms with Gasteiger partial charge in [0.25, 0.3) is 5.91 Å². The quantitative estimate of drug-likeness (QED) is 0.545. The maximum absolute atomic E-state index is 12.7. The first-order chi connectivity index (χ1) is 14.3. The topological polar surface area (TPSA) is 99.9 Å². The van der Waals surface area contributed by atoms with Crippen molar-refractivity contribution in [2.75, 3.05) is 18.0 Å². The van der Waals surface area contributed by atoms with Gasteiger partial charge in [0.05, 0.1) is 11.9 Å². The fourth-order valence-corrected chi connectivity index (χ4v) is 3.73. The van der Waals surface area contributed by atoms with E-state index in [-0.39, 0.29) is 5.91 Å². The SMILES string of the molecule is O=C(NCCc1ccccc1)c1noc2c1CN(c1ncnc3[nH]ccc13)CC2. The van der Waals surface area contributed by atoms with E-state index in [0.29, 0.717) is 25.2 Å². The van der Waals surface area contributed by atoms with Crippen LogP contribution < -0.4 is 10.2 Å². The lowest BCUT2D eigenvalue weighted by molar-refractivity contribution is 0.0944. The molecule has 0 unspecified atom stereocenters.